The summed E-state index contributed by atoms with van der Waals surface area (Å²) in [5.41, 5.74) is 0. The number of furan rings is 1. The van der Waals surface area contributed by atoms with Gasteiger partial charge in [-0.1, -0.05) is 0 Å². The SMILES string of the molecule is CCOCCCNC(=O)C(=O)N1CCN(C(=O)c2ccco2)CC1. The molecule has 8 nitrogen and oxygen atoms in total. The minimum absolute atomic E-state index is 0.201. The lowest BCUT2D eigenvalue weighted by atomic mass is 10.2. The molecule has 24 heavy (non-hydrogen) atoms. The molecule has 0 aliphatic carbocycles. The molecule has 1 N–H and O–H groups in total. The van der Waals surface area contributed by atoms with Crippen LogP contribution in [0.5, 0.6) is 0 Å². The van der Waals surface area contributed by atoms with Gasteiger partial charge in [0.25, 0.3) is 5.91 Å². The van der Waals surface area contributed by atoms with Crippen molar-refractivity contribution < 1.29 is 23.5 Å². The van der Waals surface area contributed by atoms with Crippen molar-refractivity contribution >= 4 is 17.7 Å². The highest BCUT2D eigenvalue weighted by atomic mass is 16.5. The van der Waals surface area contributed by atoms with Crippen molar-refractivity contribution in [3.8, 4) is 0 Å². The van der Waals surface area contributed by atoms with Gasteiger partial charge in [0, 0.05) is 45.9 Å². The van der Waals surface area contributed by atoms with Gasteiger partial charge in [0.05, 0.1) is 6.26 Å². The predicted octanol–water partition coefficient (Wildman–Crippen LogP) is 0.107. The van der Waals surface area contributed by atoms with Gasteiger partial charge in [-0.15, -0.1) is 0 Å². The summed E-state index contributed by atoms with van der Waals surface area (Å²) >= 11 is 0. The molecule has 0 radical (unpaired) electrons. The van der Waals surface area contributed by atoms with E-state index in [1.807, 2.05) is 6.92 Å². The zero-order valence-corrected chi connectivity index (χ0v) is 13.8. The molecular weight excluding hydrogens is 314 g/mol. The second-order valence-electron chi connectivity index (χ2n) is 5.37. The van der Waals surface area contributed by atoms with Crippen molar-refractivity contribution in [2.45, 2.75) is 13.3 Å². The summed E-state index contributed by atoms with van der Waals surface area (Å²) in [7, 11) is 0. The molecule has 0 unspecified atom stereocenters. The molecule has 0 saturated carbocycles. The third-order valence-corrected chi connectivity index (χ3v) is 3.74. The number of ether oxygens (including phenoxy) is 1. The maximum Gasteiger partial charge on any atom is 0.312 e. The first-order chi connectivity index (χ1) is 11.6. The van der Waals surface area contributed by atoms with Crippen LogP contribution in [0.4, 0.5) is 0 Å². The highest BCUT2D eigenvalue weighted by Gasteiger charge is 2.28. The molecule has 0 atom stereocenters. The van der Waals surface area contributed by atoms with Crippen molar-refractivity contribution in [1.29, 1.82) is 0 Å². The Labute approximate surface area is 140 Å². The standard InChI is InChI=1S/C16H23N3O5/c1-2-23-11-4-6-17-14(20)16(22)19-9-7-18(8-10-19)15(21)13-5-3-12-24-13/h3,5,12H,2,4,6-11H2,1H3,(H,17,20). The van der Waals surface area contributed by atoms with Crippen LogP contribution in [0.2, 0.25) is 0 Å². The summed E-state index contributed by atoms with van der Waals surface area (Å²) in [5, 5.41) is 2.59. The van der Waals surface area contributed by atoms with Crippen LogP contribution in [0, 0.1) is 0 Å². The zero-order valence-electron chi connectivity index (χ0n) is 13.8. The first kappa shape index (κ1) is 18.0. The predicted molar refractivity (Wildman–Crippen MR) is 85.3 cm³/mol. The summed E-state index contributed by atoms with van der Waals surface area (Å²) in [6, 6.07) is 3.26. The molecule has 0 spiro atoms. The molecule has 8 heteroatoms. The van der Waals surface area contributed by atoms with E-state index in [1.165, 1.54) is 11.2 Å². The summed E-state index contributed by atoms with van der Waals surface area (Å²) in [5.74, 6) is -1.09. The summed E-state index contributed by atoms with van der Waals surface area (Å²) in [4.78, 5) is 39.1. The number of rotatable bonds is 6. The van der Waals surface area contributed by atoms with Crippen LogP contribution in [0.15, 0.2) is 22.8 Å². The van der Waals surface area contributed by atoms with Crippen LogP contribution >= 0.6 is 0 Å². The second-order valence-corrected chi connectivity index (χ2v) is 5.37. The van der Waals surface area contributed by atoms with Crippen molar-refractivity contribution in [3.05, 3.63) is 24.2 Å². The van der Waals surface area contributed by atoms with Crippen molar-refractivity contribution in [2.24, 2.45) is 0 Å². The number of nitrogens with zero attached hydrogens (tertiary/aromatic N) is 2. The van der Waals surface area contributed by atoms with Gasteiger partial charge in [0.2, 0.25) is 0 Å². The van der Waals surface area contributed by atoms with Gasteiger partial charge >= 0.3 is 11.8 Å². The Hall–Kier alpha value is -2.35. The quantitative estimate of drug-likeness (QED) is 0.587. The molecule has 2 rings (SSSR count). The molecule has 1 aromatic heterocycles. The zero-order chi connectivity index (χ0) is 17.4. The van der Waals surface area contributed by atoms with Gasteiger partial charge in [-0.2, -0.15) is 0 Å². The number of carbonyl (C=O) groups excluding carboxylic acids is 3. The summed E-state index contributed by atoms with van der Waals surface area (Å²) in [6.07, 6.45) is 2.11. The third-order valence-electron chi connectivity index (χ3n) is 3.74. The molecular formula is C16H23N3O5. The van der Waals surface area contributed by atoms with E-state index in [4.69, 9.17) is 9.15 Å². The smallest absolute Gasteiger partial charge is 0.312 e. The molecule has 1 aromatic rings. The van der Waals surface area contributed by atoms with Gasteiger partial charge in [-0.25, -0.2) is 0 Å². The van der Waals surface area contributed by atoms with Crippen LogP contribution < -0.4 is 5.32 Å². The minimum Gasteiger partial charge on any atom is -0.459 e. The molecule has 1 aliphatic rings. The lowest BCUT2D eigenvalue weighted by Crippen LogP contribution is -2.53. The first-order valence-corrected chi connectivity index (χ1v) is 8.11. The van der Waals surface area contributed by atoms with E-state index in [0.717, 1.165) is 0 Å². The van der Waals surface area contributed by atoms with E-state index in [1.54, 1.807) is 17.0 Å². The average molecular weight is 337 g/mol. The number of hydrogen-bond donors (Lipinski definition) is 1. The fraction of sp³-hybridized carbons (Fsp3) is 0.562. The lowest BCUT2D eigenvalue weighted by Gasteiger charge is -2.33. The molecule has 2 heterocycles. The van der Waals surface area contributed by atoms with E-state index >= 15 is 0 Å². The van der Waals surface area contributed by atoms with Crippen LogP contribution in [-0.4, -0.2) is 73.5 Å². The average Bonchev–Trinajstić information content (AvgIpc) is 3.15. The topological polar surface area (TPSA) is 92.1 Å². The monoisotopic (exact) mass is 337 g/mol. The Bertz CT molecular complexity index is 550. The van der Waals surface area contributed by atoms with Crippen molar-refractivity contribution in [3.63, 3.8) is 0 Å². The molecule has 1 saturated heterocycles. The van der Waals surface area contributed by atoms with Crippen LogP contribution in [0.3, 0.4) is 0 Å². The fourth-order valence-electron chi connectivity index (χ4n) is 2.41. The van der Waals surface area contributed by atoms with E-state index in [0.29, 0.717) is 52.4 Å². The maximum atomic E-state index is 12.1. The first-order valence-electron chi connectivity index (χ1n) is 8.11. The molecule has 0 aromatic carbocycles. The molecule has 3 amide bonds. The molecule has 0 bridgehead atoms. The second kappa shape index (κ2) is 9.07. The Kier molecular flexibility index (Phi) is 6.80. The molecule has 1 aliphatic heterocycles. The minimum atomic E-state index is -0.614. The Morgan fingerprint density at radius 3 is 2.54 bits per heavy atom. The number of carbonyl (C=O) groups is 3. The van der Waals surface area contributed by atoms with E-state index < -0.39 is 11.8 Å². The van der Waals surface area contributed by atoms with Gasteiger partial charge in [0.1, 0.15) is 0 Å². The van der Waals surface area contributed by atoms with Gasteiger partial charge < -0.3 is 24.3 Å². The number of nitrogens with one attached hydrogen (secondary N) is 1. The number of piperazine rings is 1. The Morgan fingerprint density at radius 2 is 1.92 bits per heavy atom. The third kappa shape index (κ3) is 4.82. The van der Waals surface area contributed by atoms with Gasteiger partial charge in [-0.05, 0) is 25.5 Å². The van der Waals surface area contributed by atoms with E-state index in [-0.39, 0.29) is 11.7 Å². The molecule has 132 valence electrons. The lowest BCUT2D eigenvalue weighted by molar-refractivity contribution is -0.146. The van der Waals surface area contributed by atoms with Gasteiger partial charge in [-0.3, -0.25) is 14.4 Å². The van der Waals surface area contributed by atoms with Crippen molar-refractivity contribution in [1.82, 2.24) is 15.1 Å². The molecule has 1 fully saturated rings. The van der Waals surface area contributed by atoms with Crippen LogP contribution in [0.1, 0.15) is 23.9 Å². The highest BCUT2D eigenvalue weighted by Crippen LogP contribution is 2.09. The maximum absolute atomic E-state index is 12.1. The van der Waals surface area contributed by atoms with Crippen molar-refractivity contribution in [2.75, 3.05) is 45.9 Å². The van der Waals surface area contributed by atoms with Crippen LogP contribution in [0.25, 0.3) is 0 Å². The summed E-state index contributed by atoms with van der Waals surface area (Å²) < 4.78 is 10.3. The largest absolute Gasteiger partial charge is 0.459 e. The van der Waals surface area contributed by atoms with Crippen LogP contribution in [-0.2, 0) is 14.3 Å². The number of amides is 3. The Balaban J connectivity index is 1.72. The highest BCUT2D eigenvalue weighted by molar-refractivity contribution is 6.35. The Morgan fingerprint density at radius 1 is 1.21 bits per heavy atom. The number of hydrogen-bond acceptors (Lipinski definition) is 5. The van der Waals surface area contributed by atoms with E-state index in [2.05, 4.69) is 5.32 Å². The van der Waals surface area contributed by atoms with Gasteiger partial charge in [0.15, 0.2) is 5.76 Å². The van der Waals surface area contributed by atoms with E-state index in [9.17, 15) is 14.4 Å². The normalized spacial score (nSPS) is 14.5. The summed E-state index contributed by atoms with van der Waals surface area (Å²) in [6.45, 7) is 4.91. The fourth-order valence-corrected chi connectivity index (χ4v) is 2.41.